The van der Waals surface area contributed by atoms with E-state index >= 15 is 0 Å². The molecular weight excluding hydrogens is 1560 g/mol. The molecule has 6 aliphatic heterocycles. The second-order valence-corrected chi connectivity index (χ2v) is 29.2. The van der Waals surface area contributed by atoms with E-state index < -0.39 is 63.2 Å². The van der Waals surface area contributed by atoms with Gasteiger partial charge >= 0.3 is 608 Å². The first-order valence-corrected chi connectivity index (χ1v) is 36.3. The van der Waals surface area contributed by atoms with Gasteiger partial charge in [-0.2, -0.15) is 0 Å². The second-order valence-electron chi connectivity index (χ2n) is 24.0. The zero-order valence-corrected chi connectivity index (χ0v) is 56.4. The number of anilines is 18. The van der Waals surface area contributed by atoms with Crippen molar-refractivity contribution in [2.45, 2.75) is 0 Å². The van der Waals surface area contributed by atoms with Crippen molar-refractivity contribution in [2.24, 2.45) is 0 Å². The van der Waals surface area contributed by atoms with Crippen molar-refractivity contribution >= 4 is 119 Å². The molecular formula is C86H60N10Pt2-4. The van der Waals surface area contributed by atoms with Gasteiger partial charge in [0, 0.05) is 0 Å². The maximum absolute atomic E-state index is 9.41. The summed E-state index contributed by atoms with van der Waals surface area (Å²) in [7, 11) is 0. The molecule has 0 spiro atoms. The number of hydrogen-bond donors (Lipinski definition) is 0. The van der Waals surface area contributed by atoms with Crippen molar-refractivity contribution < 1.29 is 51.7 Å². The molecule has 6 heterocycles. The van der Waals surface area contributed by atoms with Crippen molar-refractivity contribution in [3.05, 3.63) is 315 Å². The molecule has 0 aliphatic carbocycles. The average molecular weight is 1640 g/mol. The molecule has 98 heavy (non-hydrogen) atoms. The summed E-state index contributed by atoms with van der Waals surface area (Å²) in [5, 5.41) is 0. The van der Waals surface area contributed by atoms with E-state index in [0.29, 0.717) is 119 Å². The topological polar surface area (TPSA) is 32.4 Å². The van der Waals surface area contributed by atoms with Gasteiger partial charge in [0.25, 0.3) is 0 Å². The molecule has 0 amide bonds. The van der Waals surface area contributed by atoms with Gasteiger partial charge in [0.2, 0.25) is 0 Å². The molecule has 13 aromatic carbocycles. The zero-order chi connectivity index (χ0) is 75.3. The third-order valence-electron chi connectivity index (χ3n) is 18.2. The van der Waals surface area contributed by atoms with Crippen LogP contribution in [0.3, 0.4) is 0 Å². The van der Waals surface area contributed by atoms with Crippen LogP contribution < -0.4 is 49.0 Å². The Morgan fingerprint density at radius 2 is 0.408 bits per heavy atom. The van der Waals surface area contributed by atoms with Crippen LogP contribution >= 0.6 is 0 Å². The van der Waals surface area contributed by atoms with Gasteiger partial charge in [-0.25, -0.2) is 0 Å². The van der Waals surface area contributed by atoms with Crippen molar-refractivity contribution in [1.29, 1.82) is 0 Å². The van der Waals surface area contributed by atoms with Crippen LogP contribution in [-0.4, -0.2) is 44.5 Å². The Morgan fingerprint density at radius 1 is 0.214 bits per heavy atom. The Bertz CT molecular complexity index is 5340. The van der Waals surface area contributed by atoms with Gasteiger partial charge in [-0.05, 0) is 0 Å². The first-order chi connectivity index (χ1) is 53.1. The number of rotatable bonds is 6. The van der Waals surface area contributed by atoms with Crippen molar-refractivity contribution in [2.75, 3.05) is 76.9 Å². The molecule has 0 saturated heterocycles. The summed E-state index contributed by atoms with van der Waals surface area (Å²) in [6.07, 6.45) is 0. The van der Waals surface area contributed by atoms with Crippen LogP contribution in [0.25, 0.3) is 44.5 Å². The zero-order valence-electron chi connectivity index (χ0n) is 63.8. The van der Waals surface area contributed by atoms with Crippen LogP contribution in [0.1, 0.15) is 16.4 Å². The van der Waals surface area contributed by atoms with Crippen molar-refractivity contribution in [1.82, 2.24) is 0 Å². The molecule has 478 valence electrons. The Labute approximate surface area is 603 Å². The van der Waals surface area contributed by atoms with Crippen LogP contribution in [0.15, 0.2) is 291 Å². The predicted molar refractivity (Wildman–Crippen MR) is 401 cm³/mol. The first-order valence-electron chi connectivity index (χ1n) is 37.7. The van der Waals surface area contributed by atoms with Crippen LogP contribution in [0, 0.1) is 24.3 Å². The van der Waals surface area contributed by atoms with E-state index in [4.69, 9.17) is 0 Å². The summed E-state index contributed by atoms with van der Waals surface area (Å²) >= 11 is -3.69. The van der Waals surface area contributed by atoms with Gasteiger partial charge in [-0.15, -0.1) is 0 Å². The average Bonchev–Trinajstić information content (AvgIpc) is 1.56. The third kappa shape index (κ3) is 9.45. The number of para-hydroxylation sites is 8. The summed E-state index contributed by atoms with van der Waals surface area (Å²) in [6, 6.07) is 110. The fraction of sp³-hybridized carbons (Fsp3) is 0.0465. The Kier molecular flexibility index (Phi) is 11.1. The molecule has 0 aromatic heterocycles. The molecule has 10 nitrogen and oxygen atoms in total. The van der Waals surface area contributed by atoms with Crippen LogP contribution in [-0.2, 0) is 35.3 Å². The summed E-state index contributed by atoms with van der Waals surface area (Å²) < 4.78 is 114. The Balaban J connectivity index is 0.904. The molecule has 0 radical (unpaired) electrons. The molecule has 0 atom stereocenters. The van der Waals surface area contributed by atoms with E-state index in [0.717, 1.165) is 44.5 Å². The van der Waals surface area contributed by atoms with Gasteiger partial charge in [-0.1, -0.05) is 0 Å². The quantitative estimate of drug-likeness (QED) is 0.150. The molecule has 0 fully saturated rings. The van der Waals surface area contributed by atoms with Gasteiger partial charge < -0.3 is 0 Å². The molecule has 8 bridgehead atoms. The normalized spacial score (nSPS) is 17.3. The summed E-state index contributed by atoms with van der Waals surface area (Å²) in [5.74, 6) is 0. The summed E-state index contributed by atoms with van der Waals surface area (Å²) in [4.78, 5) is 17.6. The predicted octanol–water partition coefficient (Wildman–Crippen LogP) is 19.4. The standard InChI is InChI=1S/C86H60N10.2Pt/c1-87-57-91(83-37-21-17-33-79(83)87)71-45-65(61-25-9-5-10-26-61)49-75(53-71)95(76-50-66(62-27-11-6-12-28-62)46-72(54-76)92-58-88(2)80-34-18-22-38-84(80)92)69-41-43-70(44-42-69)96(77-51-67(63-29-13-7-14-30-63)47-73(55-77)93-59-89(3)81-35-19-23-39-85(81)93)78-52-68(64-31-15-8-16-32-64)48-74(56-78)94-60-90(4)82-36-20-24-40-86(82)94;;/h5-52H,1-4H3;;/q-4;;/i1D3,2D3,3D3,4D3;;. The van der Waals surface area contributed by atoms with Gasteiger partial charge in [0.05, 0.1) is 0 Å². The van der Waals surface area contributed by atoms with E-state index in [-0.39, 0.29) is 0 Å². The van der Waals surface area contributed by atoms with E-state index in [1.807, 2.05) is 262 Å². The van der Waals surface area contributed by atoms with Gasteiger partial charge in [0.1, 0.15) is 0 Å². The van der Waals surface area contributed by atoms with Crippen molar-refractivity contribution in [3.63, 3.8) is 0 Å². The third-order valence-corrected chi connectivity index (χ3v) is 24.3. The number of fused-ring (bicyclic) bond motifs is 24. The monoisotopic (exact) mass is 1630 g/mol. The minimum atomic E-state index is -2.75. The Hall–Kier alpha value is -11.3. The molecule has 0 saturated carbocycles. The molecule has 19 rings (SSSR count). The Morgan fingerprint density at radius 3 is 0.622 bits per heavy atom. The maximum atomic E-state index is 9.41. The number of hydrogen-bond acceptors (Lipinski definition) is 10. The van der Waals surface area contributed by atoms with Gasteiger partial charge in [0.15, 0.2) is 0 Å². The fourth-order valence-electron chi connectivity index (χ4n) is 13.7. The molecule has 6 aliphatic rings. The molecule has 0 unspecified atom stereocenters. The van der Waals surface area contributed by atoms with Crippen LogP contribution in [0.5, 0.6) is 0 Å². The SMILES string of the molecule is [2H]C([2H])([2H])N1[C]2=[Pt]=[C]3N(c4[c-]c(cc(-c5ccccc5)c4)N(c4ccc(N5c6[c-]c(cc(-c7ccccc7)c6)N6[C](=[Pt]=[C]7N(c8[c-]c5cc(-c5ccccc5)c8)c5ccccc5N7C([2H])([2H])[2H])N(C([2H])([2H])[2H])c5ccccc56)cc4)c4[c-]c(cc(-c5ccccc5)c4)N2c2ccccc21)c1ccccc1N3C([2H])([2H])[2H]. The van der Waals surface area contributed by atoms with E-state index in [1.165, 1.54) is 19.6 Å². The van der Waals surface area contributed by atoms with E-state index in [1.54, 1.807) is 24.3 Å². The summed E-state index contributed by atoms with van der Waals surface area (Å²) in [6.45, 7) is -11.0. The number of nitrogens with zero attached hydrogens (tertiary/aromatic N) is 10. The molecule has 0 N–H and O–H groups in total. The van der Waals surface area contributed by atoms with Crippen LogP contribution in [0.4, 0.5) is 102 Å². The number of benzene rings is 13. The fourth-order valence-corrected chi connectivity index (χ4v) is 19.9. The van der Waals surface area contributed by atoms with Crippen LogP contribution in [0.2, 0.25) is 0 Å². The molecule has 12 heteroatoms. The van der Waals surface area contributed by atoms with E-state index in [2.05, 4.69) is 58.3 Å². The molecule has 13 aromatic rings. The summed E-state index contributed by atoms with van der Waals surface area (Å²) in [5.41, 5.74) is 16.1. The first kappa shape index (κ1) is 46.8. The minimum absolute atomic E-state index is 0.382. The second kappa shape index (κ2) is 23.2. The van der Waals surface area contributed by atoms with Crippen molar-refractivity contribution in [3.8, 4) is 44.5 Å². The van der Waals surface area contributed by atoms with E-state index in [9.17, 15) is 16.4 Å². The van der Waals surface area contributed by atoms with Gasteiger partial charge in [-0.3, -0.25) is 0 Å².